The maximum absolute atomic E-state index is 6.19. The Morgan fingerprint density at radius 1 is 1.29 bits per heavy atom. The highest BCUT2D eigenvalue weighted by Gasteiger charge is 2.27. The van der Waals surface area contributed by atoms with Crippen LogP contribution in [0.25, 0.3) is 11.0 Å². The fourth-order valence-electron chi connectivity index (χ4n) is 3.56. The van der Waals surface area contributed by atoms with Crippen LogP contribution in [-0.2, 0) is 6.42 Å². The molecule has 0 amide bonds. The van der Waals surface area contributed by atoms with Crippen LogP contribution in [0, 0.1) is 5.92 Å². The Hall–Kier alpha value is -1.32. The zero-order valence-electron chi connectivity index (χ0n) is 13.1. The van der Waals surface area contributed by atoms with E-state index in [4.69, 9.17) is 10.2 Å². The molecule has 2 aromatic rings. The highest BCUT2D eigenvalue weighted by atomic mass is 16.3. The molecule has 0 radical (unpaired) electrons. The largest absolute Gasteiger partial charge is 0.459 e. The van der Waals surface area contributed by atoms with Crippen molar-refractivity contribution in [1.29, 1.82) is 0 Å². The first kappa shape index (κ1) is 14.6. The van der Waals surface area contributed by atoms with Crippen LogP contribution < -0.4 is 5.73 Å². The van der Waals surface area contributed by atoms with Gasteiger partial charge in [0, 0.05) is 10.9 Å². The molecule has 3 rings (SSSR count). The second kappa shape index (κ2) is 6.20. The molecule has 0 saturated carbocycles. The molecule has 1 aromatic carbocycles. The van der Waals surface area contributed by atoms with Gasteiger partial charge in [-0.1, -0.05) is 25.1 Å². The van der Waals surface area contributed by atoms with Crippen LogP contribution in [0.15, 0.2) is 28.7 Å². The lowest BCUT2D eigenvalue weighted by Crippen LogP contribution is -2.37. The first-order valence-electron chi connectivity index (χ1n) is 8.19. The van der Waals surface area contributed by atoms with Gasteiger partial charge in [0.05, 0.1) is 6.04 Å². The van der Waals surface area contributed by atoms with Gasteiger partial charge in [-0.3, -0.25) is 4.90 Å². The SMILES string of the molecule is CCc1c(C(C)N2CCC(CN)CC2)oc2ccccc12. The van der Waals surface area contributed by atoms with Crippen molar-refractivity contribution in [2.24, 2.45) is 11.7 Å². The third-order valence-electron chi connectivity index (χ3n) is 4.99. The summed E-state index contributed by atoms with van der Waals surface area (Å²) in [5.74, 6) is 1.86. The third-order valence-corrected chi connectivity index (χ3v) is 4.99. The van der Waals surface area contributed by atoms with Gasteiger partial charge in [0.25, 0.3) is 0 Å². The highest BCUT2D eigenvalue weighted by molar-refractivity contribution is 5.82. The van der Waals surface area contributed by atoms with Crippen LogP contribution in [0.4, 0.5) is 0 Å². The van der Waals surface area contributed by atoms with Crippen molar-refractivity contribution in [3.05, 3.63) is 35.6 Å². The van der Waals surface area contributed by atoms with Crippen molar-refractivity contribution in [3.8, 4) is 0 Å². The van der Waals surface area contributed by atoms with Crippen LogP contribution in [0.3, 0.4) is 0 Å². The molecule has 0 bridgehead atoms. The minimum Gasteiger partial charge on any atom is -0.459 e. The molecule has 21 heavy (non-hydrogen) atoms. The number of likely N-dealkylation sites (tertiary alicyclic amines) is 1. The molecule has 2 heterocycles. The molecule has 1 fully saturated rings. The molecule has 0 spiro atoms. The number of hydrogen-bond acceptors (Lipinski definition) is 3. The number of furan rings is 1. The average Bonchev–Trinajstić information content (AvgIpc) is 2.92. The number of piperidine rings is 1. The summed E-state index contributed by atoms with van der Waals surface area (Å²) < 4.78 is 6.19. The van der Waals surface area contributed by atoms with Crippen molar-refractivity contribution < 1.29 is 4.42 Å². The molecule has 1 saturated heterocycles. The topological polar surface area (TPSA) is 42.4 Å². The van der Waals surface area contributed by atoms with E-state index in [0.717, 1.165) is 37.4 Å². The number of benzene rings is 1. The summed E-state index contributed by atoms with van der Waals surface area (Å²) >= 11 is 0. The van der Waals surface area contributed by atoms with Crippen molar-refractivity contribution >= 4 is 11.0 Å². The summed E-state index contributed by atoms with van der Waals surface area (Å²) in [4.78, 5) is 2.54. The van der Waals surface area contributed by atoms with E-state index in [1.54, 1.807) is 0 Å². The van der Waals surface area contributed by atoms with Crippen LogP contribution in [0.5, 0.6) is 0 Å². The standard InChI is InChI=1S/C18H26N2O/c1-3-15-16-6-4-5-7-17(16)21-18(15)13(2)20-10-8-14(12-19)9-11-20/h4-7,13-14H,3,8-12,19H2,1-2H3. The second-order valence-corrected chi connectivity index (χ2v) is 6.19. The van der Waals surface area contributed by atoms with Crippen molar-refractivity contribution in [2.45, 2.75) is 39.2 Å². The van der Waals surface area contributed by atoms with Gasteiger partial charge in [-0.25, -0.2) is 0 Å². The molecular weight excluding hydrogens is 260 g/mol. The average molecular weight is 286 g/mol. The summed E-state index contributed by atoms with van der Waals surface area (Å²) in [6.07, 6.45) is 3.45. The number of fused-ring (bicyclic) bond motifs is 1. The molecule has 1 aliphatic rings. The van der Waals surface area contributed by atoms with Gasteiger partial charge in [0.2, 0.25) is 0 Å². The number of para-hydroxylation sites is 1. The third kappa shape index (κ3) is 2.72. The number of aryl methyl sites for hydroxylation is 1. The van der Waals surface area contributed by atoms with Crippen LogP contribution >= 0.6 is 0 Å². The zero-order valence-corrected chi connectivity index (χ0v) is 13.1. The van der Waals surface area contributed by atoms with E-state index in [1.807, 2.05) is 6.07 Å². The summed E-state index contributed by atoms with van der Waals surface area (Å²) in [7, 11) is 0. The van der Waals surface area contributed by atoms with Gasteiger partial charge < -0.3 is 10.2 Å². The van der Waals surface area contributed by atoms with E-state index >= 15 is 0 Å². The summed E-state index contributed by atoms with van der Waals surface area (Å²) in [6.45, 7) is 7.58. The molecule has 1 unspecified atom stereocenters. The smallest absolute Gasteiger partial charge is 0.134 e. The van der Waals surface area contributed by atoms with E-state index in [1.165, 1.54) is 23.8 Å². The van der Waals surface area contributed by atoms with Gasteiger partial charge in [-0.2, -0.15) is 0 Å². The molecule has 3 nitrogen and oxygen atoms in total. The van der Waals surface area contributed by atoms with Gasteiger partial charge in [0.15, 0.2) is 0 Å². The highest BCUT2D eigenvalue weighted by Crippen LogP contribution is 2.34. The van der Waals surface area contributed by atoms with E-state index < -0.39 is 0 Å². The quantitative estimate of drug-likeness (QED) is 0.931. The van der Waals surface area contributed by atoms with Gasteiger partial charge >= 0.3 is 0 Å². The maximum Gasteiger partial charge on any atom is 0.134 e. The summed E-state index contributed by atoms with van der Waals surface area (Å²) in [5, 5.41) is 1.28. The van der Waals surface area contributed by atoms with Crippen molar-refractivity contribution in [2.75, 3.05) is 19.6 Å². The summed E-state index contributed by atoms with van der Waals surface area (Å²) in [5.41, 5.74) is 8.19. The fourth-order valence-corrected chi connectivity index (χ4v) is 3.56. The number of nitrogens with zero attached hydrogens (tertiary/aromatic N) is 1. The Kier molecular flexibility index (Phi) is 4.32. The van der Waals surface area contributed by atoms with Gasteiger partial charge in [-0.05, 0) is 57.8 Å². The van der Waals surface area contributed by atoms with Crippen LogP contribution in [-0.4, -0.2) is 24.5 Å². The number of hydrogen-bond donors (Lipinski definition) is 1. The molecule has 114 valence electrons. The predicted octanol–water partition coefficient (Wildman–Crippen LogP) is 3.73. The molecule has 1 atom stereocenters. The van der Waals surface area contributed by atoms with E-state index in [9.17, 15) is 0 Å². The Bertz CT molecular complexity index is 596. The lowest BCUT2D eigenvalue weighted by molar-refractivity contribution is 0.130. The second-order valence-electron chi connectivity index (χ2n) is 6.19. The Balaban J connectivity index is 1.86. The lowest BCUT2D eigenvalue weighted by Gasteiger charge is -2.35. The van der Waals surface area contributed by atoms with E-state index in [-0.39, 0.29) is 0 Å². The first-order chi connectivity index (χ1) is 10.2. The zero-order chi connectivity index (χ0) is 14.8. The maximum atomic E-state index is 6.19. The lowest BCUT2D eigenvalue weighted by atomic mass is 9.95. The molecule has 1 aliphatic heterocycles. The Morgan fingerprint density at radius 3 is 2.67 bits per heavy atom. The molecule has 1 aromatic heterocycles. The molecule has 0 aliphatic carbocycles. The normalized spacial score (nSPS) is 19.2. The molecular formula is C18H26N2O. The van der Waals surface area contributed by atoms with E-state index in [0.29, 0.717) is 12.0 Å². The molecule has 3 heteroatoms. The van der Waals surface area contributed by atoms with Crippen molar-refractivity contribution in [3.63, 3.8) is 0 Å². The van der Waals surface area contributed by atoms with Crippen LogP contribution in [0.2, 0.25) is 0 Å². The minimum atomic E-state index is 0.353. The van der Waals surface area contributed by atoms with Crippen molar-refractivity contribution in [1.82, 2.24) is 4.90 Å². The fraction of sp³-hybridized carbons (Fsp3) is 0.556. The minimum absolute atomic E-state index is 0.353. The first-order valence-corrected chi connectivity index (χ1v) is 8.19. The Morgan fingerprint density at radius 2 is 2.00 bits per heavy atom. The molecule has 2 N–H and O–H groups in total. The predicted molar refractivity (Wildman–Crippen MR) is 87.4 cm³/mol. The van der Waals surface area contributed by atoms with Gasteiger partial charge in [0.1, 0.15) is 11.3 Å². The van der Waals surface area contributed by atoms with E-state index in [2.05, 4.69) is 36.9 Å². The number of nitrogens with two attached hydrogens (primary N) is 1. The van der Waals surface area contributed by atoms with Gasteiger partial charge in [-0.15, -0.1) is 0 Å². The number of rotatable bonds is 4. The van der Waals surface area contributed by atoms with Crippen LogP contribution in [0.1, 0.15) is 44.1 Å². The monoisotopic (exact) mass is 286 g/mol. The Labute approximate surface area is 127 Å². The summed E-state index contributed by atoms with van der Waals surface area (Å²) in [6, 6.07) is 8.75.